The molecule has 25 nitrogen and oxygen atoms in total. The zero-order valence-electron chi connectivity index (χ0n) is 62.8. The van der Waals surface area contributed by atoms with Crippen molar-refractivity contribution in [3.63, 3.8) is 0 Å². The molecule has 15 rings (SSSR count). The molecule has 3 aliphatic rings. The molecule has 3 aliphatic heterocycles. The van der Waals surface area contributed by atoms with Crippen molar-refractivity contribution in [1.82, 2.24) is 88.1 Å². The van der Waals surface area contributed by atoms with E-state index in [2.05, 4.69) is 186 Å². The number of rotatable bonds is 16. The van der Waals surface area contributed by atoms with E-state index in [1.54, 1.807) is 99.9 Å². The maximum absolute atomic E-state index is 12.9. The third kappa shape index (κ3) is 20.1. The van der Waals surface area contributed by atoms with E-state index in [0.29, 0.717) is 56.5 Å². The summed E-state index contributed by atoms with van der Waals surface area (Å²) in [6, 6.07) is 35.1. The summed E-state index contributed by atoms with van der Waals surface area (Å²) in [7, 11) is 0. The molecule has 12 aromatic rings. The number of carbonyl (C=O) groups is 3. The summed E-state index contributed by atoms with van der Waals surface area (Å²) in [5.74, 6) is 17.7. The first-order valence-corrected chi connectivity index (χ1v) is 37.1. The van der Waals surface area contributed by atoms with Crippen LogP contribution in [0.1, 0.15) is 119 Å². The van der Waals surface area contributed by atoms with E-state index in [9.17, 15) is 14.4 Å². The van der Waals surface area contributed by atoms with Crippen molar-refractivity contribution in [3.8, 4) is 35.5 Å². The molecule has 9 aromatic heterocycles. The number of likely N-dealkylation sites (N-methyl/N-ethyl adjacent to an activating group) is 1. The van der Waals surface area contributed by atoms with Crippen LogP contribution >= 0.6 is 0 Å². The normalized spacial score (nSPS) is 14.4. The minimum absolute atomic E-state index is 0.209. The molecule has 0 atom stereocenters. The van der Waals surface area contributed by atoms with E-state index in [-0.39, 0.29) is 24.3 Å². The first kappa shape index (κ1) is 76.0. The molecule has 3 saturated heterocycles. The van der Waals surface area contributed by atoms with Crippen LogP contribution in [0.4, 0.5) is 17.1 Å². The molecular weight excluding hydrogens is 1380 g/mol. The number of piperazine rings is 3. The Kier molecular flexibility index (Phi) is 25.3. The highest BCUT2D eigenvalue weighted by atomic mass is 16.3. The Morgan fingerprint density at radius 2 is 0.736 bits per heavy atom. The van der Waals surface area contributed by atoms with Gasteiger partial charge in [0.2, 0.25) is 0 Å². The van der Waals surface area contributed by atoms with Crippen molar-refractivity contribution in [2.75, 3.05) is 114 Å². The molecule has 0 bridgehead atoms. The number of pyridine rings is 3. The van der Waals surface area contributed by atoms with Gasteiger partial charge in [-0.25, -0.2) is 28.5 Å². The zero-order valence-corrected chi connectivity index (χ0v) is 62.8. The fourth-order valence-corrected chi connectivity index (χ4v) is 13.2. The lowest BCUT2D eigenvalue weighted by atomic mass is 10.1. The SMILES string of the molecule is CCN1CCN(Cc2ccc(NC(=O)c3cncc(C#Cc4cnc5cccnn45)c3)cc2C)CC1.Cc1cc(NC(=O)c2cncc(C#Cc3cnc4cccnn34)c2)ccc1CN1CCN(C(C)C)CC1.Cc1cc(NC(=O)c2cncc(C#Cc3cnc4cccnn34)c2)ccc1CN1CCN(CCO)CC1. The average Bonchev–Trinajstić information content (AvgIpc) is 1.61. The van der Waals surface area contributed by atoms with E-state index in [1.807, 2.05) is 72.8 Å². The van der Waals surface area contributed by atoms with E-state index in [0.717, 1.165) is 151 Å². The van der Waals surface area contributed by atoms with Crippen molar-refractivity contribution in [2.24, 2.45) is 0 Å². The molecule has 3 fully saturated rings. The number of imidazole rings is 3. The lowest BCUT2D eigenvalue weighted by Crippen LogP contribution is -2.48. The third-order valence-corrected chi connectivity index (χ3v) is 19.8. The Hall–Kier alpha value is -12.2. The highest BCUT2D eigenvalue weighted by Gasteiger charge is 2.22. The Morgan fingerprint density at radius 1 is 0.409 bits per heavy atom. The van der Waals surface area contributed by atoms with Gasteiger partial charge in [-0.1, -0.05) is 42.9 Å². The fourth-order valence-electron chi connectivity index (χ4n) is 13.2. The van der Waals surface area contributed by atoms with Crippen LogP contribution in [-0.4, -0.2) is 215 Å². The van der Waals surface area contributed by atoms with Gasteiger partial charge in [0.05, 0.1) is 41.9 Å². The van der Waals surface area contributed by atoms with Crippen LogP contribution in [0.15, 0.2) is 184 Å². The monoisotopic (exact) mass is 1470 g/mol. The number of nitrogens with one attached hydrogen (secondary N) is 3. The number of amides is 3. The smallest absolute Gasteiger partial charge is 0.257 e. The van der Waals surface area contributed by atoms with Crippen LogP contribution in [0.3, 0.4) is 0 Å². The Balaban J connectivity index is 0.000000145. The van der Waals surface area contributed by atoms with Crippen molar-refractivity contribution < 1.29 is 19.5 Å². The molecule has 3 aromatic carbocycles. The van der Waals surface area contributed by atoms with Gasteiger partial charge in [0.25, 0.3) is 17.7 Å². The number of benzene rings is 3. The van der Waals surface area contributed by atoms with Crippen molar-refractivity contribution in [3.05, 3.63) is 267 Å². The summed E-state index contributed by atoms with van der Waals surface area (Å²) in [5, 5.41) is 30.9. The second-order valence-electron chi connectivity index (χ2n) is 27.7. The lowest BCUT2D eigenvalue weighted by molar-refractivity contribution is 0.101. The Labute approximate surface area is 640 Å². The maximum atomic E-state index is 12.9. The quantitative estimate of drug-likeness (QED) is 0.0658. The third-order valence-electron chi connectivity index (χ3n) is 19.8. The predicted octanol–water partition coefficient (Wildman–Crippen LogP) is 9.03. The van der Waals surface area contributed by atoms with Gasteiger partial charge in [-0.05, 0) is 183 Å². The molecule has 110 heavy (non-hydrogen) atoms. The number of hydrogen-bond donors (Lipinski definition) is 4. The van der Waals surface area contributed by atoms with E-state index >= 15 is 0 Å². The average molecular weight is 1470 g/mol. The van der Waals surface area contributed by atoms with Gasteiger partial charge in [0, 0.05) is 200 Å². The standard InChI is InChI=1S/C29H31N7O.C28H29N7O2.C28H29N7O/c1-21(2)35-13-11-34(12-14-35)20-24-7-8-26(15-22(24)3)33-29(37)25-16-23(17-30-18-25)6-9-27-19-31-28-5-4-10-32-36(27)28;1-21-15-25(6-5-23(21)20-34-11-9-33(10-12-34)13-14-36)32-28(37)24-16-22(17-29-18-24)4-7-26-19-30-27-3-2-8-31-35(26)27;1-3-33-11-13-34(14-12-33)20-23-7-8-25(15-21(23)2)32-28(36)24-16-22(17-29-18-24)6-9-26-19-30-27-5-4-10-31-35(26)27/h4-5,7-8,10,15-19,21H,11-14,20H2,1-3H3,(H,33,37);2-3,5-6,8,15-19,36H,9-14,20H2,1H3,(H,32,37);4-5,7-8,10,15-19H,3,11-14,20H2,1-2H3,(H,32,36). The molecule has 558 valence electrons. The highest BCUT2D eigenvalue weighted by Crippen LogP contribution is 2.24. The molecule has 4 N–H and O–H groups in total. The molecule has 0 saturated carbocycles. The summed E-state index contributed by atoms with van der Waals surface area (Å²) in [5.41, 5.74) is 17.0. The molecule has 0 spiro atoms. The molecule has 25 heteroatoms. The minimum atomic E-state index is -0.236. The van der Waals surface area contributed by atoms with Crippen LogP contribution in [0, 0.1) is 56.3 Å². The largest absolute Gasteiger partial charge is 0.395 e. The number of hydrogen-bond acceptors (Lipinski definition) is 19. The number of carbonyl (C=O) groups excluding carboxylic acids is 3. The fraction of sp³-hybridized carbons (Fsp3) is 0.294. The first-order chi connectivity index (χ1) is 53.6. The molecule has 0 aliphatic carbocycles. The summed E-state index contributed by atoms with van der Waals surface area (Å²) in [6.45, 7) is 30.5. The summed E-state index contributed by atoms with van der Waals surface area (Å²) in [6.07, 6.45) is 19.6. The number of β-amino-alcohol motifs (C(OH)–C–C–N with tert-alkyl or cyclic N) is 1. The van der Waals surface area contributed by atoms with Crippen molar-refractivity contribution in [1.29, 1.82) is 0 Å². The van der Waals surface area contributed by atoms with Crippen LogP contribution in [-0.2, 0) is 19.6 Å². The van der Waals surface area contributed by atoms with Gasteiger partial charge in [0.1, 0.15) is 17.1 Å². The van der Waals surface area contributed by atoms with E-state index in [4.69, 9.17) is 5.11 Å². The van der Waals surface area contributed by atoms with Crippen molar-refractivity contribution >= 4 is 51.7 Å². The lowest BCUT2D eigenvalue weighted by Gasteiger charge is -2.37. The summed E-state index contributed by atoms with van der Waals surface area (Å²) >= 11 is 0. The van der Waals surface area contributed by atoms with Crippen LogP contribution in [0.5, 0.6) is 0 Å². The van der Waals surface area contributed by atoms with Gasteiger partial charge >= 0.3 is 0 Å². The number of aromatic nitrogens is 12. The summed E-state index contributed by atoms with van der Waals surface area (Å²) < 4.78 is 5.02. The van der Waals surface area contributed by atoms with Crippen LogP contribution in [0.25, 0.3) is 16.9 Å². The molecular formula is C85H89N21O4. The molecule has 0 radical (unpaired) electrons. The van der Waals surface area contributed by atoms with Crippen LogP contribution in [0.2, 0.25) is 0 Å². The number of nitrogens with zero attached hydrogens (tertiary/aromatic N) is 18. The number of fused-ring (bicyclic) bond motifs is 3. The molecule has 3 amide bonds. The van der Waals surface area contributed by atoms with Gasteiger partial charge in [-0.2, -0.15) is 15.3 Å². The Morgan fingerprint density at radius 3 is 1.05 bits per heavy atom. The predicted molar refractivity (Wildman–Crippen MR) is 425 cm³/mol. The maximum Gasteiger partial charge on any atom is 0.257 e. The van der Waals surface area contributed by atoms with Gasteiger partial charge in [-0.3, -0.25) is 53.8 Å². The first-order valence-electron chi connectivity index (χ1n) is 37.1. The number of anilines is 3. The van der Waals surface area contributed by atoms with E-state index < -0.39 is 0 Å². The minimum Gasteiger partial charge on any atom is -0.395 e. The second-order valence-corrected chi connectivity index (χ2v) is 27.7. The topological polar surface area (TPSA) is 256 Å². The zero-order chi connectivity index (χ0) is 76.3. The van der Waals surface area contributed by atoms with Crippen molar-refractivity contribution in [2.45, 2.75) is 67.2 Å². The van der Waals surface area contributed by atoms with Gasteiger partial charge < -0.3 is 26.0 Å². The van der Waals surface area contributed by atoms with Gasteiger partial charge in [-0.15, -0.1) is 0 Å². The number of aryl methyl sites for hydroxylation is 3. The summed E-state index contributed by atoms with van der Waals surface area (Å²) in [4.78, 5) is 79.0. The van der Waals surface area contributed by atoms with Gasteiger partial charge in [0.15, 0.2) is 16.9 Å². The number of aliphatic hydroxyl groups is 1. The highest BCUT2D eigenvalue weighted by molar-refractivity contribution is 6.05. The second kappa shape index (κ2) is 36.6. The molecule has 12 heterocycles. The number of aliphatic hydroxyl groups excluding tert-OH is 1. The van der Waals surface area contributed by atoms with Crippen LogP contribution < -0.4 is 16.0 Å². The van der Waals surface area contributed by atoms with E-state index in [1.165, 1.54) is 34.0 Å². The Bertz CT molecular complexity index is 5440. The molecule has 0 unspecified atom stereocenters.